The second kappa shape index (κ2) is 13.9. The van der Waals surface area contributed by atoms with E-state index in [9.17, 15) is 4.79 Å². The Morgan fingerprint density at radius 3 is 1.52 bits per heavy atom. The van der Waals surface area contributed by atoms with Crippen LogP contribution in [-0.2, 0) is 22.2 Å². The summed E-state index contributed by atoms with van der Waals surface area (Å²) in [5.41, 5.74) is 0.426. The van der Waals surface area contributed by atoms with Crippen molar-refractivity contribution >= 4 is 31.4 Å². The molecule has 0 spiro atoms. The zero-order valence-electron chi connectivity index (χ0n) is 20.3. The first-order chi connectivity index (χ1) is 13.7. The van der Waals surface area contributed by atoms with E-state index >= 15 is 0 Å². The summed E-state index contributed by atoms with van der Waals surface area (Å²) in [7, 11) is -6.71. The first-order valence-corrected chi connectivity index (χ1v) is 18.5. The van der Waals surface area contributed by atoms with Gasteiger partial charge in [-0.3, -0.25) is 0 Å². The zero-order chi connectivity index (χ0) is 22.6. The Kier molecular flexibility index (Phi) is 13.8. The van der Waals surface area contributed by atoms with E-state index in [-0.39, 0.29) is 5.97 Å². The van der Waals surface area contributed by atoms with Crippen LogP contribution >= 0.6 is 0 Å². The van der Waals surface area contributed by atoms with Crippen molar-refractivity contribution in [1.29, 1.82) is 0 Å². The van der Waals surface area contributed by atoms with Crippen molar-refractivity contribution in [1.82, 2.24) is 0 Å². The number of ether oxygens (including phenoxy) is 1. The minimum Gasteiger partial charge on any atom is -0.462 e. The molecule has 0 saturated carbocycles. The molecule has 0 aromatic heterocycles. The molecule has 0 unspecified atom stereocenters. The lowest BCUT2D eigenvalue weighted by Gasteiger charge is -2.44. The van der Waals surface area contributed by atoms with Gasteiger partial charge in [-0.1, -0.05) is 48.1 Å². The van der Waals surface area contributed by atoms with E-state index in [1.165, 1.54) is 0 Å². The predicted molar refractivity (Wildman–Crippen MR) is 129 cm³/mol. The van der Waals surface area contributed by atoms with E-state index in [1.807, 2.05) is 6.92 Å². The predicted octanol–water partition coefficient (Wildman–Crippen LogP) is 6.51. The molecule has 0 N–H and O–H groups in total. The normalized spacial score (nSPS) is 12.8. The Balaban J connectivity index is 5.74. The summed E-state index contributed by atoms with van der Waals surface area (Å²) in [5, 5.41) is 0. The van der Waals surface area contributed by atoms with Crippen LogP contribution < -0.4 is 0 Å². The smallest absolute Gasteiger partial charge is 0.462 e. The van der Waals surface area contributed by atoms with Crippen molar-refractivity contribution in [2.45, 2.75) is 104 Å². The highest BCUT2D eigenvalue weighted by Crippen LogP contribution is 2.35. The Morgan fingerprint density at radius 2 is 1.21 bits per heavy atom. The third-order valence-electron chi connectivity index (χ3n) is 6.18. The molecule has 0 rings (SSSR count). The molecule has 0 aliphatic rings. The van der Waals surface area contributed by atoms with E-state index in [0.717, 1.165) is 36.3 Å². The lowest BCUT2D eigenvalue weighted by molar-refractivity contribution is -0.139. The molecular weight excluding hydrogens is 416 g/mol. The quantitative estimate of drug-likeness (QED) is 0.107. The van der Waals surface area contributed by atoms with Crippen molar-refractivity contribution in [3.05, 3.63) is 12.2 Å². The third kappa shape index (κ3) is 8.79. The molecule has 0 fully saturated rings. The Labute approximate surface area is 183 Å². The first kappa shape index (κ1) is 28.7. The molecule has 0 aliphatic carbocycles. The maximum Gasteiger partial charge on any atom is 0.480 e. The van der Waals surface area contributed by atoms with Gasteiger partial charge < -0.3 is 17.4 Å². The van der Waals surface area contributed by atoms with Crippen LogP contribution in [0.15, 0.2) is 12.2 Å². The average Bonchev–Trinajstić information content (AvgIpc) is 2.73. The molecule has 0 amide bonds. The number of carbonyl (C=O) groups excluding carboxylic acids is 1. The molecule has 0 saturated heterocycles. The fourth-order valence-electron chi connectivity index (χ4n) is 3.64. The van der Waals surface area contributed by atoms with Gasteiger partial charge in [0.25, 0.3) is 0 Å². The number of esters is 1. The van der Waals surface area contributed by atoms with Crippen LogP contribution in [0.3, 0.4) is 0 Å². The maximum atomic E-state index is 11.7. The van der Waals surface area contributed by atoms with Gasteiger partial charge in [0.2, 0.25) is 0 Å². The molecule has 0 aromatic carbocycles. The van der Waals surface area contributed by atoms with Gasteiger partial charge in [-0.25, -0.2) is 4.79 Å². The van der Waals surface area contributed by atoms with E-state index < -0.39 is 25.4 Å². The van der Waals surface area contributed by atoms with Gasteiger partial charge in [0.15, 0.2) is 16.6 Å². The summed E-state index contributed by atoms with van der Waals surface area (Å²) in [6.45, 7) is 21.7. The van der Waals surface area contributed by atoms with Gasteiger partial charge in [-0.05, 0) is 56.5 Å². The molecular formula is C21H46O5Si3. The summed E-state index contributed by atoms with van der Waals surface area (Å²) in [5.74, 6) is -0.339. The molecule has 0 heterocycles. The topological polar surface area (TPSA) is 54.0 Å². The van der Waals surface area contributed by atoms with Crippen LogP contribution in [0.2, 0.25) is 42.3 Å². The van der Waals surface area contributed by atoms with E-state index in [0.29, 0.717) is 31.3 Å². The first-order valence-electron chi connectivity index (χ1n) is 11.5. The van der Waals surface area contributed by atoms with Crippen molar-refractivity contribution in [3.8, 4) is 0 Å². The highest BCUT2D eigenvalue weighted by molar-refractivity contribution is 6.87. The standard InChI is InChI=1S/C21H46O5Si3/c1-10-24-29(25-27(11-2,12-3)13-4,26-28(14-5,15-6)16-7)19-17-18-23-21(22)20(8)9/h8,10-19H2,1-7,9H3. The van der Waals surface area contributed by atoms with Gasteiger partial charge in [0, 0.05) is 18.2 Å². The lowest BCUT2D eigenvalue weighted by atomic mass is 10.4. The summed E-state index contributed by atoms with van der Waals surface area (Å²) < 4.78 is 25.8. The molecule has 5 nitrogen and oxygen atoms in total. The number of hydrogen-bond donors (Lipinski definition) is 0. The van der Waals surface area contributed by atoms with Crippen molar-refractivity contribution in [2.24, 2.45) is 0 Å². The maximum absolute atomic E-state index is 11.7. The number of hydrogen-bond acceptors (Lipinski definition) is 5. The molecule has 0 atom stereocenters. The van der Waals surface area contributed by atoms with Gasteiger partial charge in [-0.2, -0.15) is 0 Å². The van der Waals surface area contributed by atoms with Crippen molar-refractivity contribution < 1.29 is 22.2 Å². The zero-order valence-corrected chi connectivity index (χ0v) is 23.3. The molecule has 172 valence electrons. The molecule has 8 heteroatoms. The summed E-state index contributed by atoms with van der Waals surface area (Å²) >= 11 is 0. The highest BCUT2D eigenvalue weighted by atomic mass is 28.5. The van der Waals surface area contributed by atoms with Crippen molar-refractivity contribution in [2.75, 3.05) is 13.2 Å². The Hall–Kier alpha value is -0.259. The number of rotatable bonds is 17. The van der Waals surface area contributed by atoms with Gasteiger partial charge >= 0.3 is 14.8 Å². The summed E-state index contributed by atoms with van der Waals surface area (Å²) in [6, 6.07) is 7.09. The van der Waals surface area contributed by atoms with E-state index in [4.69, 9.17) is 17.4 Å². The van der Waals surface area contributed by atoms with Crippen LogP contribution in [-0.4, -0.2) is 44.6 Å². The van der Waals surface area contributed by atoms with Gasteiger partial charge in [-0.15, -0.1) is 0 Å². The number of carbonyl (C=O) groups is 1. The second-order valence-electron chi connectivity index (χ2n) is 7.83. The van der Waals surface area contributed by atoms with Crippen LogP contribution in [0, 0.1) is 0 Å². The SMILES string of the molecule is C=C(C)C(=O)OCCC[Si](OCC)(O[Si](CC)(CC)CC)O[Si](CC)(CC)CC. The molecule has 0 aromatic rings. The van der Waals surface area contributed by atoms with Crippen LogP contribution in [0.5, 0.6) is 0 Å². The molecule has 29 heavy (non-hydrogen) atoms. The second-order valence-corrected chi connectivity index (χ2v) is 20.6. The summed E-state index contributed by atoms with van der Waals surface area (Å²) in [6.07, 6.45) is 0.689. The lowest BCUT2D eigenvalue weighted by Crippen LogP contribution is -2.60. The average molecular weight is 463 g/mol. The minimum atomic E-state index is -2.88. The Bertz CT molecular complexity index is 452. The highest BCUT2D eigenvalue weighted by Gasteiger charge is 2.51. The fraction of sp³-hybridized carbons (Fsp3) is 0.857. The van der Waals surface area contributed by atoms with Crippen molar-refractivity contribution in [3.63, 3.8) is 0 Å². The minimum absolute atomic E-state index is 0.339. The molecule has 0 aliphatic heterocycles. The van der Waals surface area contributed by atoms with Gasteiger partial charge in [0.1, 0.15) is 0 Å². The van der Waals surface area contributed by atoms with E-state index in [2.05, 4.69) is 48.1 Å². The van der Waals surface area contributed by atoms with Crippen LogP contribution in [0.25, 0.3) is 0 Å². The molecule has 0 bridgehead atoms. The largest absolute Gasteiger partial charge is 0.480 e. The molecule has 0 radical (unpaired) electrons. The van der Waals surface area contributed by atoms with Gasteiger partial charge in [0.05, 0.1) is 6.61 Å². The summed E-state index contributed by atoms with van der Waals surface area (Å²) in [4.78, 5) is 11.7. The Morgan fingerprint density at radius 1 is 0.793 bits per heavy atom. The van der Waals surface area contributed by atoms with Crippen LogP contribution in [0.1, 0.15) is 61.8 Å². The fourth-order valence-corrected chi connectivity index (χ4v) is 18.4. The van der Waals surface area contributed by atoms with Crippen LogP contribution in [0.4, 0.5) is 0 Å². The third-order valence-corrected chi connectivity index (χ3v) is 21.6. The monoisotopic (exact) mass is 462 g/mol. The van der Waals surface area contributed by atoms with E-state index in [1.54, 1.807) is 6.92 Å².